The second-order valence-electron chi connectivity index (χ2n) is 3.82. The van der Waals surface area contributed by atoms with Gasteiger partial charge >= 0.3 is 0 Å². The topological polar surface area (TPSA) is 9.23 Å². The van der Waals surface area contributed by atoms with E-state index in [0.717, 1.165) is 0 Å². The molecule has 0 radical (unpaired) electrons. The Morgan fingerprint density at radius 2 is 2.23 bits per heavy atom. The zero-order valence-corrected chi connectivity index (χ0v) is 8.34. The van der Waals surface area contributed by atoms with Crippen molar-refractivity contribution in [1.29, 1.82) is 0 Å². The summed E-state index contributed by atoms with van der Waals surface area (Å²) in [6.45, 7) is 2.14. The smallest absolute Gasteiger partial charge is 0.0824 e. The van der Waals surface area contributed by atoms with Crippen LogP contribution < -0.4 is 0 Å². The highest BCUT2D eigenvalue weighted by Crippen LogP contribution is 2.32. The Morgan fingerprint density at radius 1 is 1.38 bits per heavy atom. The summed E-state index contributed by atoms with van der Waals surface area (Å²) in [5.74, 6) is 0. The predicted octanol–water partition coefficient (Wildman–Crippen LogP) is 3.02. The first kappa shape index (κ1) is 8.76. The van der Waals surface area contributed by atoms with E-state index in [2.05, 4.69) is 25.1 Å². The summed E-state index contributed by atoms with van der Waals surface area (Å²) in [6, 6.07) is 6.70. The van der Waals surface area contributed by atoms with Gasteiger partial charge in [-0.25, -0.2) is 0 Å². The molecule has 0 saturated carbocycles. The van der Waals surface area contributed by atoms with E-state index in [9.17, 15) is 0 Å². The lowest BCUT2D eigenvalue weighted by atomic mass is 9.88. The molecule has 0 bridgehead atoms. The molecule has 1 nitrogen and oxygen atoms in total. The number of aryl methyl sites for hydroxylation is 2. The molecule has 1 aromatic carbocycles. The molecule has 13 heavy (non-hydrogen) atoms. The SMILES string of the molecule is COC1CCCc2ccc(C)cc21. The Bertz CT molecular complexity index is 304. The molecule has 0 heterocycles. The average Bonchev–Trinajstić information content (AvgIpc) is 2.17. The van der Waals surface area contributed by atoms with Gasteiger partial charge in [0.15, 0.2) is 0 Å². The lowest BCUT2D eigenvalue weighted by molar-refractivity contribution is 0.0880. The Morgan fingerprint density at radius 3 is 3.00 bits per heavy atom. The predicted molar refractivity (Wildman–Crippen MR) is 53.9 cm³/mol. The maximum Gasteiger partial charge on any atom is 0.0824 e. The molecular formula is C12H16O. The van der Waals surface area contributed by atoms with Crippen LogP contribution in [-0.2, 0) is 11.2 Å². The number of rotatable bonds is 1. The van der Waals surface area contributed by atoms with Gasteiger partial charge in [0.05, 0.1) is 6.10 Å². The summed E-state index contributed by atoms with van der Waals surface area (Å²) in [7, 11) is 1.81. The van der Waals surface area contributed by atoms with Gasteiger partial charge in [-0.3, -0.25) is 0 Å². The molecule has 0 fully saturated rings. The molecule has 1 aromatic rings. The molecule has 0 amide bonds. The van der Waals surface area contributed by atoms with Crippen LogP contribution in [0.2, 0.25) is 0 Å². The van der Waals surface area contributed by atoms with Crippen LogP contribution in [0.3, 0.4) is 0 Å². The quantitative estimate of drug-likeness (QED) is 0.639. The van der Waals surface area contributed by atoms with Crippen LogP contribution in [-0.4, -0.2) is 7.11 Å². The van der Waals surface area contributed by atoms with Crippen molar-refractivity contribution in [3.05, 3.63) is 34.9 Å². The summed E-state index contributed by atoms with van der Waals surface area (Å²) in [5, 5.41) is 0. The zero-order chi connectivity index (χ0) is 9.26. The summed E-state index contributed by atoms with van der Waals surface area (Å²) in [5.41, 5.74) is 4.22. The van der Waals surface area contributed by atoms with Crippen LogP contribution in [0, 0.1) is 6.92 Å². The van der Waals surface area contributed by atoms with E-state index in [1.807, 2.05) is 7.11 Å². The van der Waals surface area contributed by atoms with Crippen LogP contribution in [0.1, 0.15) is 35.6 Å². The molecule has 1 unspecified atom stereocenters. The average molecular weight is 176 g/mol. The fraction of sp³-hybridized carbons (Fsp3) is 0.500. The Kier molecular flexibility index (Phi) is 2.36. The summed E-state index contributed by atoms with van der Waals surface area (Å²) < 4.78 is 5.47. The molecule has 70 valence electrons. The van der Waals surface area contributed by atoms with E-state index < -0.39 is 0 Å². The van der Waals surface area contributed by atoms with E-state index in [-0.39, 0.29) is 0 Å². The van der Waals surface area contributed by atoms with Crippen molar-refractivity contribution in [3.8, 4) is 0 Å². The Hall–Kier alpha value is -0.820. The number of fused-ring (bicyclic) bond motifs is 1. The lowest BCUT2D eigenvalue weighted by Gasteiger charge is -2.24. The van der Waals surface area contributed by atoms with E-state index in [0.29, 0.717) is 6.10 Å². The molecule has 0 saturated heterocycles. The van der Waals surface area contributed by atoms with E-state index in [1.54, 1.807) is 0 Å². The van der Waals surface area contributed by atoms with Gasteiger partial charge in [-0.1, -0.05) is 23.8 Å². The van der Waals surface area contributed by atoms with Crippen molar-refractivity contribution < 1.29 is 4.74 Å². The molecule has 1 aliphatic rings. The van der Waals surface area contributed by atoms with Gasteiger partial charge in [0, 0.05) is 7.11 Å². The van der Waals surface area contributed by atoms with Crippen molar-refractivity contribution in [1.82, 2.24) is 0 Å². The standard InChI is InChI=1S/C12H16O/c1-9-6-7-10-4-3-5-12(13-2)11(10)8-9/h6-8,12H,3-5H2,1-2H3. The molecule has 1 atom stereocenters. The van der Waals surface area contributed by atoms with E-state index in [4.69, 9.17) is 4.74 Å². The highest BCUT2D eigenvalue weighted by molar-refractivity contribution is 5.34. The molecule has 0 aliphatic heterocycles. The third-order valence-corrected chi connectivity index (χ3v) is 2.85. The second kappa shape index (κ2) is 3.51. The normalized spacial score (nSPS) is 21.2. The number of hydrogen-bond donors (Lipinski definition) is 0. The van der Waals surface area contributed by atoms with Crippen LogP contribution in [0.15, 0.2) is 18.2 Å². The van der Waals surface area contributed by atoms with Gasteiger partial charge in [-0.2, -0.15) is 0 Å². The maximum absolute atomic E-state index is 5.47. The Balaban J connectivity index is 2.41. The molecule has 2 rings (SSSR count). The minimum atomic E-state index is 0.337. The van der Waals surface area contributed by atoms with Gasteiger partial charge in [0.25, 0.3) is 0 Å². The largest absolute Gasteiger partial charge is 0.377 e. The lowest BCUT2D eigenvalue weighted by Crippen LogP contribution is -2.11. The molecule has 0 spiro atoms. The molecule has 1 heteroatoms. The van der Waals surface area contributed by atoms with Gasteiger partial charge in [-0.15, -0.1) is 0 Å². The van der Waals surface area contributed by atoms with Crippen LogP contribution in [0.4, 0.5) is 0 Å². The second-order valence-corrected chi connectivity index (χ2v) is 3.82. The number of benzene rings is 1. The van der Waals surface area contributed by atoms with Gasteiger partial charge < -0.3 is 4.74 Å². The fourth-order valence-electron chi connectivity index (χ4n) is 2.12. The van der Waals surface area contributed by atoms with Crippen molar-refractivity contribution in [3.63, 3.8) is 0 Å². The molecular weight excluding hydrogens is 160 g/mol. The van der Waals surface area contributed by atoms with Crippen molar-refractivity contribution >= 4 is 0 Å². The monoisotopic (exact) mass is 176 g/mol. The van der Waals surface area contributed by atoms with Crippen LogP contribution >= 0.6 is 0 Å². The summed E-state index contributed by atoms with van der Waals surface area (Å²) in [6.07, 6.45) is 3.99. The van der Waals surface area contributed by atoms with Gasteiger partial charge in [0.2, 0.25) is 0 Å². The van der Waals surface area contributed by atoms with Crippen molar-refractivity contribution in [2.45, 2.75) is 32.3 Å². The minimum absolute atomic E-state index is 0.337. The molecule has 1 aliphatic carbocycles. The van der Waals surface area contributed by atoms with Crippen molar-refractivity contribution in [2.75, 3.05) is 7.11 Å². The molecule has 0 N–H and O–H groups in total. The number of hydrogen-bond acceptors (Lipinski definition) is 1. The number of methoxy groups -OCH3 is 1. The zero-order valence-electron chi connectivity index (χ0n) is 8.34. The first-order valence-electron chi connectivity index (χ1n) is 4.93. The third-order valence-electron chi connectivity index (χ3n) is 2.85. The summed E-state index contributed by atoms with van der Waals surface area (Å²) in [4.78, 5) is 0. The first-order valence-corrected chi connectivity index (χ1v) is 4.93. The van der Waals surface area contributed by atoms with Gasteiger partial charge in [0.1, 0.15) is 0 Å². The van der Waals surface area contributed by atoms with Gasteiger partial charge in [-0.05, 0) is 37.3 Å². The highest BCUT2D eigenvalue weighted by Gasteiger charge is 2.19. The van der Waals surface area contributed by atoms with E-state index >= 15 is 0 Å². The molecule has 0 aromatic heterocycles. The Labute approximate surface area is 79.7 Å². The summed E-state index contributed by atoms with van der Waals surface area (Å²) >= 11 is 0. The van der Waals surface area contributed by atoms with E-state index in [1.165, 1.54) is 36.0 Å². The fourth-order valence-corrected chi connectivity index (χ4v) is 2.12. The third kappa shape index (κ3) is 1.61. The van der Waals surface area contributed by atoms with Crippen LogP contribution in [0.5, 0.6) is 0 Å². The van der Waals surface area contributed by atoms with Crippen LogP contribution in [0.25, 0.3) is 0 Å². The van der Waals surface area contributed by atoms with Crippen molar-refractivity contribution in [2.24, 2.45) is 0 Å². The highest BCUT2D eigenvalue weighted by atomic mass is 16.5. The maximum atomic E-state index is 5.47. The number of ether oxygens (including phenoxy) is 1. The minimum Gasteiger partial charge on any atom is -0.377 e. The first-order chi connectivity index (χ1) is 6.31.